The molecule has 0 radical (unpaired) electrons. The number of benzene rings is 1. The Kier molecular flexibility index (Phi) is 3.87. The second-order valence-corrected chi connectivity index (χ2v) is 4.66. The van der Waals surface area contributed by atoms with Crippen molar-refractivity contribution in [1.29, 1.82) is 0 Å². The Labute approximate surface area is 107 Å². The van der Waals surface area contributed by atoms with E-state index in [0.29, 0.717) is 13.0 Å². The van der Waals surface area contributed by atoms with Crippen LogP contribution in [0, 0.1) is 0 Å². The Hall–Kier alpha value is -1.55. The molecule has 1 aliphatic rings. The fraction of sp³-hybridized carbons (Fsp3) is 0.500. The van der Waals surface area contributed by atoms with Crippen LogP contribution in [0.25, 0.3) is 0 Å². The van der Waals surface area contributed by atoms with Crippen LogP contribution in [0.1, 0.15) is 36.8 Å². The van der Waals surface area contributed by atoms with Crippen LogP contribution < -0.4 is 10.5 Å². The van der Waals surface area contributed by atoms with Gasteiger partial charge in [0.25, 0.3) is 0 Å². The van der Waals surface area contributed by atoms with Crippen LogP contribution in [-0.2, 0) is 11.2 Å². The molecule has 1 aromatic rings. The van der Waals surface area contributed by atoms with Crippen LogP contribution in [0.3, 0.4) is 0 Å². The summed E-state index contributed by atoms with van der Waals surface area (Å²) < 4.78 is 5.60. The van der Waals surface area contributed by atoms with E-state index in [4.69, 9.17) is 15.6 Å². The molecule has 0 amide bonds. The third-order valence-electron chi connectivity index (χ3n) is 3.49. The number of carbonyl (C=O) groups is 1. The molecule has 0 bridgehead atoms. The summed E-state index contributed by atoms with van der Waals surface area (Å²) in [6, 6.07) is 5.95. The van der Waals surface area contributed by atoms with Gasteiger partial charge in [0.1, 0.15) is 5.75 Å². The van der Waals surface area contributed by atoms with Gasteiger partial charge in [0.05, 0.1) is 6.61 Å². The van der Waals surface area contributed by atoms with Crippen LogP contribution in [-0.4, -0.2) is 23.7 Å². The first kappa shape index (κ1) is 12.9. The highest BCUT2D eigenvalue weighted by molar-refractivity contribution is 5.67. The molecule has 1 aromatic carbocycles. The fourth-order valence-corrected chi connectivity index (χ4v) is 2.70. The summed E-state index contributed by atoms with van der Waals surface area (Å²) in [5, 5.41) is 8.78. The van der Waals surface area contributed by atoms with E-state index in [9.17, 15) is 4.79 Å². The molecule has 3 N–H and O–H groups in total. The summed E-state index contributed by atoms with van der Waals surface area (Å²) >= 11 is 0. The van der Waals surface area contributed by atoms with Gasteiger partial charge in [-0.2, -0.15) is 0 Å². The number of fused-ring (bicyclic) bond motifs is 1. The van der Waals surface area contributed by atoms with Crippen molar-refractivity contribution in [2.24, 2.45) is 5.73 Å². The smallest absolute Gasteiger partial charge is 0.303 e. The monoisotopic (exact) mass is 249 g/mol. The van der Waals surface area contributed by atoms with Crippen LogP contribution in [0.15, 0.2) is 18.2 Å². The quantitative estimate of drug-likeness (QED) is 0.836. The maximum atomic E-state index is 10.7. The van der Waals surface area contributed by atoms with E-state index in [1.807, 2.05) is 25.1 Å². The lowest BCUT2D eigenvalue weighted by atomic mass is 9.93. The average Bonchev–Trinajstić information content (AvgIpc) is 2.64. The van der Waals surface area contributed by atoms with Crippen molar-refractivity contribution >= 4 is 5.97 Å². The molecule has 0 saturated carbocycles. The lowest BCUT2D eigenvalue weighted by molar-refractivity contribution is -0.137. The number of carboxylic acid groups (broad SMARTS) is 1. The molecule has 0 spiro atoms. The maximum Gasteiger partial charge on any atom is 0.303 e. The molecule has 0 saturated heterocycles. The van der Waals surface area contributed by atoms with Gasteiger partial charge in [0.15, 0.2) is 0 Å². The van der Waals surface area contributed by atoms with E-state index in [1.165, 1.54) is 0 Å². The number of nitrogens with two attached hydrogens (primary N) is 1. The van der Waals surface area contributed by atoms with Crippen LogP contribution >= 0.6 is 0 Å². The lowest BCUT2D eigenvalue weighted by Crippen LogP contribution is -2.25. The van der Waals surface area contributed by atoms with E-state index in [0.717, 1.165) is 23.3 Å². The second kappa shape index (κ2) is 5.40. The summed E-state index contributed by atoms with van der Waals surface area (Å²) in [7, 11) is 0. The second-order valence-electron chi connectivity index (χ2n) is 4.66. The molecule has 98 valence electrons. The zero-order chi connectivity index (χ0) is 13.1. The minimum absolute atomic E-state index is 0.000885. The van der Waals surface area contributed by atoms with Crippen molar-refractivity contribution in [2.45, 2.75) is 38.1 Å². The Morgan fingerprint density at radius 1 is 1.56 bits per heavy atom. The minimum Gasteiger partial charge on any atom is -0.494 e. The summed E-state index contributed by atoms with van der Waals surface area (Å²) in [5.74, 6) is 0.261. The Bertz CT molecular complexity index is 445. The summed E-state index contributed by atoms with van der Waals surface area (Å²) in [6.45, 7) is 2.58. The van der Waals surface area contributed by atoms with Crippen LogP contribution in [0.2, 0.25) is 0 Å². The Balaban J connectivity index is 2.22. The normalized spacial score (nSPS) is 21.7. The predicted octanol–water partition coefficient (Wildman–Crippen LogP) is 1.92. The minimum atomic E-state index is -0.767. The van der Waals surface area contributed by atoms with E-state index >= 15 is 0 Å². The van der Waals surface area contributed by atoms with Gasteiger partial charge in [0.2, 0.25) is 0 Å². The predicted molar refractivity (Wildman–Crippen MR) is 68.9 cm³/mol. The molecule has 1 aliphatic carbocycles. The van der Waals surface area contributed by atoms with Crippen molar-refractivity contribution in [3.8, 4) is 5.75 Å². The van der Waals surface area contributed by atoms with Crippen molar-refractivity contribution < 1.29 is 14.6 Å². The van der Waals surface area contributed by atoms with Gasteiger partial charge in [-0.05, 0) is 37.0 Å². The molecule has 4 heteroatoms. The molecule has 0 aliphatic heterocycles. The maximum absolute atomic E-state index is 10.7. The van der Waals surface area contributed by atoms with E-state index in [-0.39, 0.29) is 18.4 Å². The number of aliphatic carboxylic acids is 1. The molecular weight excluding hydrogens is 230 g/mol. The number of rotatable bonds is 5. The van der Waals surface area contributed by atoms with Gasteiger partial charge in [-0.1, -0.05) is 12.1 Å². The molecular formula is C14H19NO3. The third kappa shape index (κ3) is 2.48. The highest BCUT2D eigenvalue weighted by Crippen LogP contribution is 2.40. The molecule has 18 heavy (non-hydrogen) atoms. The lowest BCUT2D eigenvalue weighted by Gasteiger charge is -2.15. The number of ether oxygens (including phenoxy) is 1. The highest BCUT2D eigenvalue weighted by Gasteiger charge is 2.31. The molecule has 0 fully saturated rings. The molecule has 2 rings (SSSR count). The van der Waals surface area contributed by atoms with Gasteiger partial charge in [-0.15, -0.1) is 0 Å². The first-order valence-electron chi connectivity index (χ1n) is 6.35. The van der Waals surface area contributed by atoms with Gasteiger partial charge in [0, 0.05) is 18.4 Å². The molecule has 2 atom stereocenters. The molecule has 0 aromatic heterocycles. The topological polar surface area (TPSA) is 72.5 Å². The Morgan fingerprint density at radius 2 is 2.33 bits per heavy atom. The van der Waals surface area contributed by atoms with Crippen molar-refractivity contribution in [3.63, 3.8) is 0 Å². The number of carboxylic acids is 1. The first-order valence-corrected chi connectivity index (χ1v) is 6.35. The molecule has 0 heterocycles. The SMILES string of the molecule is CCOc1cccc2c1CC(N)C2CCC(=O)O. The van der Waals surface area contributed by atoms with Gasteiger partial charge in [-0.3, -0.25) is 4.79 Å². The van der Waals surface area contributed by atoms with E-state index in [2.05, 4.69) is 0 Å². The van der Waals surface area contributed by atoms with Crippen LogP contribution in [0.5, 0.6) is 5.75 Å². The van der Waals surface area contributed by atoms with Crippen molar-refractivity contribution in [3.05, 3.63) is 29.3 Å². The van der Waals surface area contributed by atoms with Gasteiger partial charge < -0.3 is 15.6 Å². The zero-order valence-electron chi connectivity index (χ0n) is 10.6. The molecule has 2 unspecified atom stereocenters. The fourth-order valence-electron chi connectivity index (χ4n) is 2.70. The first-order chi connectivity index (χ1) is 8.63. The van der Waals surface area contributed by atoms with E-state index in [1.54, 1.807) is 0 Å². The number of hydrogen-bond donors (Lipinski definition) is 2. The van der Waals surface area contributed by atoms with Crippen molar-refractivity contribution in [2.75, 3.05) is 6.61 Å². The standard InChI is InChI=1S/C14H19NO3/c1-2-18-13-5-3-4-9-10(6-7-14(16)17)12(15)8-11(9)13/h3-5,10,12H,2,6-8,15H2,1H3,(H,16,17). The summed E-state index contributed by atoms with van der Waals surface area (Å²) in [4.78, 5) is 10.7. The average molecular weight is 249 g/mol. The van der Waals surface area contributed by atoms with Crippen molar-refractivity contribution in [1.82, 2.24) is 0 Å². The number of hydrogen-bond acceptors (Lipinski definition) is 3. The summed E-state index contributed by atoms with van der Waals surface area (Å²) in [5.41, 5.74) is 8.45. The van der Waals surface area contributed by atoms with Gasteiger partial charge in [-0.25, -0.2) is 0 Å². The van der Waals surface area contributed by atoms with E-state index < -0.39 is 5.97 Å². The molecule has 4 nitrogen and oxygen atoms in total. The summed E-state index contributed by atoms with van der Waals surface area (Å²) in [6.07, 6.45) is 1.53. The Morgan fingerprint density at radius 3 is 3.00 bits per heavy atom. The highest BCUT2D eigenvalue weighted by atomic mass is 16.5. The van der Waals surface area contributed by atoms with Crippen LogP contribution in [0.4, 0.5) is 0 Å². The largest absolute Gasteiger partial charge is 0.494 e. The third-order valence-corrected chi connectivity index (χ3v) is 3.49. The van der Waals surface area contributed by atoms with Gasteiger partial charge >= 0.3 is 5.97 Å². The zero-order valence-corrected chi connectivity index (χ0v) is 10.6.